The van der Waals surface area contributed by atoms with Crippen LogP contribution in [-0.2, 0) is 16.1 Å². The lowest BCUT2D eigenvalue weighted by Crippen LogP contribution is -2.73. The highest BCUT2D eigenvalue weighted by Gasteiger charge is 2.53. The first-order chi connectivity index (χ1) is 13.5. The summed E-state index contributed by atoms with van der Waals surface area (Å²) in [5.41, 5.74) is 5.11. The summed E-state index contributed by atoms with van der Waals surface area (Å²) in [6, 6.07) is 3.62. The molecule has 1 fully saturated rings. The normalized spacial score (nSPS) is 19.1. The van der Waals surface area contributed by atoms with Gasteiger partial charge in [0.05, 0.1) is 26.8 Å². The van der Waals surface area contributed by atoms with Crippen molar-refractivity contribution in [3.05, 3.63) is 35.9 Å². The van der Waals surface area contributed by atoms with E-state index in [4.69, 9.17) is 15.2 Å². The van der Waals surface area contributed by atoms with Crippen molar-refractivity contribution in [3.8, 4) is 11.5 Å². The van der Waals surface area contributed by atoms with E-state index in [9.17, 15) is 19.5 Å². The van der Waals surface area contributed by atoms with E-state index in [2.05, 4.69) is 0 Å². The first-order valence-corrected chi connectivity index (χ1v) is 9.02. The lowest BCUT2D eigenvalue weighted by Gasteiger charge is -2.52. The molecular formula is C20H27N3O6. The van der Waals surface area contributed by atoms with Gasteiger partial charge in [-0.15, -0.1) is 0 Å². The molecular weight excluding hydrogens is 378 g/mol. The maximum Gasteiger partial charge on any atom is 0.408 e. The minimum absolute atomic E-state index is 0.174. The van der Waals surface area contributed by atoms with Crippen LogP contribution in [0.3, 0.4) is 0 Å². The van der Waals surface area contributed by atoms with Crippen LogP contribution in [0.1, 0.15) is 26.3 Å². The third-order valence-electron chi connectivity index (χ3n) is 4.72. The van der Waals surface area contributed by atoms with Gasteiger partial charge in [0.25, 0.3) is 0 Å². The van der Waals surface area contributed by atoms with Gasteiger partial charge in [-0.1, -0.05) is 6.08 Å². The van der Waals surface area contributed by atoms with Gasteiger partial charge in [0.1, 0.15) is 17.5 Å². The number of carbonyl (C=O) groups is 3. The third kappa shape index (κ3) is 4.61. The molecule has 1 aromatic carbocycles. The number of primary amides is 1. The van der Waals surface area contributed by atoms with Crippen molar-refractivity contribution < 1.29 is 29.0 Å². The molecule has 1 heterocycles. The van der Waals surface area contributed by atoms with E-state index in [1.54, 1.807) is 39.0 Å². The molecule has 1 aliphatic rings. The number of methoxy groups -OCH3 is 2. The molecule has 0 unspecified atom stereocenters. The number of amides is 3. The molecule has 2 rings (SSSR count). The number of hydrogen-bond donors (Lipinski definition) is 2. The minimum Gasteiger partial charge on any atom is -0.497 e. The van der Waals surface area contributed by atoms with Gasteiger partial charge in [0.2, 0.25) is 11.8 Å². The van der Waals surface area contributed by atoms with E-state index < -0.39 is 29.6 Å². The van der Waals surface area contributed by atoms with Crippen LogP contribution in [0, 0.1) is 0 Å². The largest absolute Gasteiger partial charge is 0.497 e. The van der Waals surface area contributed by atoms with E-state index in [1.807, 2.05) is 0 Å². The van der Waals surface area contributed by atoms with Crippen molar-refractivity contribution in [2.75, 3.05) is 14.2 Å². The Bertz CT molecular complexity index is 830. The molecule has 158 valence electrons. The maximum atomic E-state index is 12.9. The fourth-order valence-electron chi connectivity index (χ4n) is 3.39. The fourth-order valence-corrected chi connectivity index (χ4v) is 3.39. The average molecular weight is 405 g/mol. The van der Waals surface area contributed by atoms with Crippen molar-refractivity contribution in [1.82, 2.24) is 9.80 Å². The summed E-state index contributed by atoms with van der Waals surface area (Å²) >= 11 is 0. The molecule has 1 saturated heterocycles. The molecule has 3 N–H and O–H groups in total. The monoisotopic (exact) mass is 405 g/mol. The van der Waals surface area contributed by atoms with Crippen molar-refractivity contribution in [2.24, 2.45) is 5.73 Å². The Kier molecular flexibility index (Phi) is 6.41. The van der Waals surface area contributed by atoms with Crippen molar-refractivity contribution in [2.45, 2.75) is 44.9 Å². The summed E-state index contributed by atoms with van der Waals surface area (Å²) in [4.78, 5) is 38.6. The predicted molar refractivity (Wildman–Crippen MR) is 106 cm³/mol. The zero-order valence-corrected chi connectivity index (χ0v) is 17.2. The Balaban J connectivity index is 2.38. The van der Waals surface area contributed by atoms with Crippen LogP contribution in [0.5, 0.6) is 11.5 Å². The minimum atomic E-state index is -1.21. The van der Waals surface area contributed by atoms with Gasteiger partial charge in [-0.05, 0) is 32.9 Å². The number of nitrogens with two attached hydrogens (primary N) is 1. The fraction of sp³-hybridized carbons (Fsp3) is 0.450. The highest BCUT2D eigenvalue weighted by molar-refractivity contribution is 5.94. The van der Waals surface area contributed by atoms with Gasteiger partial charge in [-0.2, -0.15) is 0 Å². The standard InChI is InChI=1S/C20H27N3O6/c1-20(2,3)23(19(26)27)17-14(8-9-16(21)24)22(18(17)25)11-12-6-7-13(28-4)10-15(12)29-5/h6-10,14,17H,11H2,1-5H3,(H2,21,24)(H,26,27)/b9-8+/t14-,17+/m0/s1. The van der Waals surface area contributed by atoms with Gasteiger partial charge >= 0.3 is 6.09 Å². The number of benzene rings is 1. The highest BCUT2D eigenvalue weighted by Crippen LogP contribution is 2.35. The average Bonchev–Trinajstić information content (AvgIpc) is 2.64. The molecule has 2 atom stereocenters. The molecule has 0 bridgehead atoms. The zero-order valence-electron chi connectivity index (χ0n) is 17.2. The quantitative estimate of drug-likeness (QED) is 0.525. The summed E-state index contributed by atoms with van der Waals surface area (Å²) in [5.74, 6) is 0.0968. The molecule has 9 nitrogen and oxygen atoms in total. The highest BCUT2D eigenvalue weighted by atomic mass is 16.5. The van der Waals surface area contributed by atoms with Gasteiger partial charge in [0.15, 0.2) is 0 Å². The van der Waals surface area contributed by atoms with Gasteiger partial charge in [-0.25, -0.2) is 4.79 Å². The number of likely N-dealkylation sites (tertiary alicyclic amines) is 1. The van der Waals surface area contributed by atoms with Crippen LogP contribution >= 0.6 is 0 Å². The van der Waals surface area contributed by atoms with E-state index in [-0.39, 0.29) is 12.5 Å². The number of ether oxygens (including phenoxy) is 2. The molecule has 0 saturated carbocycles. The van der Waals surface area contributed by atoms with E-state index in [0.29, 0.717) is 11.5 Å². The van der Waals surface area contributed by atoms with E-state index in [0.717, 1.165) is 16.5 Å². The second-order valence-electron chi connectivity index (χ2n) is 7.66. The molecule has 0 spiro atoms. The maximum absolute atomic E-state index is 12.9. The summed E-state index contributed by atoms with van der Waals surface area (Å²) in [5, 5.41) is 9.68. The first kappa shape index (κ1) is 22.1. The Morgan fingerprint density at radius 1 is 1.28 bits per heavy atom. The number of nitrogens with zero attached hydrogens (tertiary/aromatic N) is 2. The SMILES string of the molecule is COc1ccc(CN2C(=O)[C@H](N(C(=O)O)C(C)(C)C)[C@@H]2/C=C/C(N)=O)c(OC)c1. The molecule has 29 heavy (non-hydrogen) atoms. The molecule has 9 heteroatoms. The molecule has 0 aromatic heterocycles. The van der Waals surface area contributed by atoms with E-state index in [1.165, 1.54) is 25.2 Å². The summed E-state index contributed by atoms with van der Waals surface area (Å²) in [7, 11) is 3.05. The topological polar surface area (TPSA) is 122 Å². The van der Waals surface area contributed by atoms with Crippen molar-refractivity contribution >= 4 is 17.9 Å². The molecule has 1 aliphatic heterocycles. The molecule has 3 amide bonds. The van der Waals surface area contributed by atoms with Gasteiger partial charge in [-0.3, -0.25) is 14.5 Å². The smallest absolute Gasteiger partial charge is 0.408 e. The summed E-state index contributed by atoms with van der Waals surface area (Å²) in [6.07, 6.45) is 1.40. The summed E-state index contributed by atoms with van der Waals surface area (Å²) in [6.45, 7) is 5.29. The van der Waals surface area contributed by atoms with Crippen molar-refractivity contribution in [1.29, 1.82) is 0 Å². The lowest BCUT2D eigenvalue weighted by molar-refractivity contribution is -0.159. The van der Waals surface area contributed by atoms with E-state index >= 15 is 0 Å². The van der Waals surface area contributed by atoms with Crippen LogP contribution in [0.4, 0.5) is 4.79 Å². The van der Waals surface area contributed by atoms with Gasteiger partial charge < -0.3 is 25.2 Å². The predicted octanol–water partition coefficient (Wildman–Crippen LogP) is 1.60. The Morgan fingerprint density at radius 2 is 1.93 bits per heavy atom. The van der Waals surface area contributed by atoms with Crippen LogP contribution in [0.15, 0.2) is 30.4 Å². The number of rotatable bonds is 7. The molecule has 0 aliphatic carbocycles. The second-order valence-corrected chi connectivity index (χ2v) is 7.66. The lowest BCUT2D eigenvalue weighted by atomic mass is 9.88. The third-order valence-corrected chi connectivity index (χ3v) is 4.72. The summed E-state index contributed by atoms with van der Waals surface area (Å²) < 4.78 is 10.6. The Labute approximate surface area is 169 Å². The molecule has 1 aromatic rings. The second kappa shape index (κ2) is 8.42. The number of carbonyl (C=O) groups excluding carboxylic acids is 2. The molecule has 0 radical (unpaired) electrons. The Morgan fingerprint density at radius 3 is 2.41 bits per heavy atom. The van der Waals surface area contributed by atoms with Gasteiger partial charge in [0, 0.05) is 23.2 Å². The first-order valence-electron chi connectivity index (χ1n) is 9.02. The zero-order chi connectivity index (χ0) is 21.9. The van der Waals surface area contributed by atoms with Crippen LogP contribution in [0.25, 0.3) is 0 Å². The Hall–Kier alpha value is -3.23. The van der Waals surface area contributed by atoms with Crippen LogP contribution in [0.2, 0.25) is 0 Å². The van der Waals surface area contributed by atoms with Crippen LogP contribution < -0.4 is 15.2 Å². The van der Waals surface area contributed by atoms with Crippen molar-refractivity contribution in [3.63, 3.8) is 0 Å². The number of carboxylic acid groups (broad SMARTS) is 1. The number of hydrogen-bond acceptors (Lipinski definition) is 5. The van der Waals surface area contributed by atoms with Crippen LogP contribution in [-0.4, -0.2) is 64.7 Å². The number of β-lactam (4-membered cyclic amide) rings is 1.